The average molecular weight is 473 g/mol. The van der Waals surface area contributed by atoms with Crippen LogP contribution in [-0.2, 0) is 11.2 Å². The van der Waals surface area contributed by atoms with Crippen molar-refractivity contribution in [2.45, 2.75) is 57.0 Å². The van der Waals surface area contributed by atoms with Gasteiger partial charge < -0.3 is 14.5 Å². The zero-order valence-electron chi connectivity index (χ0n) is 20.0. The minimum Gasteiger partial charge on any atom is -0.491 e. The van der Waals surface area contributed by atoms with Gasteiger partial charge in [-0.1, -0.05) is 18.2 Å². The highest BCUT2D eigenvalue weighted by molar-refractivity contribution is 5.97. The van der Waals surface area contributed by atoms with Crippen LogP contribution < -0.4 is 4.74 Å². The van der Waals surface area contributed by atoms with Crippen LogP contribution in [0.1, 0.15) is 54.4 Å². The number of fused-ring (bicyclic) bond motifs is 3. The normalized spacial score (nSPS) is 23.9. The molecular weight excluding hydrogens is 440 g/mol. The van der Waals surface area contributed by atoms with Gasteiger partial charge in [-0.2, -0.15) is 5.10 Å². The summed E-state index contributed by atoms with van der Waals surface area (Å²) in [6, 6.07) is 14.5. The SMILES string of the molecule is O=C1CCCN1CCOc1ccccc1C(=O)N1C2CCC1CC(Cc1cccn3nccc13)C2. The number of carbonyl (C=O) groups is 2. The first-order valence-electron chi connectivity index (χ1n) is 12.9. The van der Waals surface area contributed by atoms with Crippen LogP contribution in [-0.4, -0.2) is 63.0 Å². The molecule has 2 bridgehead atoms. The first-order chi connectivity index (χ1) is 17.2. The second kappa shape index (κ2) is 9.36. The predicted octanol–water partition coefficient (Wildman–Crippen LogP) is 3.96. The summed E-state index contributed by atoms with van der Waals surface area (Å²) in [6.45, 7) is 1.78. The topological polar surface area (TPSA) is 67.2 Å². The summed E-state index contributed by atoms with van der Waals surface area (Å²) in [5.41, 5.74) is 3.16. The van der Waals surface area contributed by atoms with Gasteiger partial charge >= 0.3 is 0 Å². The summed E-state index contributed by atoms with van der Waals surface area (Å²) < 4.78 is 7.98. The van der Waals surface area contributed by atoms with Crippen LogP contribution in [0, 0.1) is 5.92 Å². The lowest BCUT2D eigenvalue weighted by Crippen LogP contribution is -2.47. The molecule has 182 valence electrons. The van der Waals surface area contributed by atoms with Gasteiger partial charge in [-0.25, -0.2) is 4.52 Å². The Hall–Kier alpha value is -3.35. The molecule has 2 aromatic heterocycles. The van der Waals surface area contributed by atoms with Crippen LogP contribution in [0.2, 0.25) is 0 Å². The molecule has 3 aliphatic rings. The number of benzene rings is 1. The van der Waals surface area contributed by atoms with E-state index in [2.05, 4.69) is 28.2 Å². The van der Waals surface area contributed by atoms with Gasteiger partial charge in [-0.15, -0.1) is 0 Å². The highest BCUT2D eigenvalue weighted by Gasteiger charge is 2.43. The number of para-hydroxylation sites is 1. The number of piperidine rings is 1. The van der Waals surface area contributed by atoms with Crippen LogP contribution in [0.5, 0.6) is 5.75 Å². The fourth-order valence-electron chi connectivity index (χ4n) is 6.40. The number of pyridine rings is 1. The van der Waals surface area contributed by atoms with E-state index in [0.717, 1.165) is 45.1 Å². The number of rotatable bonds is 7. The third kappa shape index (κ3) is 4.28. The molecule has 5 heterocycles. The molecule has 1 aromatic carbocycles. The lowest BCUT2D eigenvalue weighted by Gasteiger charge is -2.39. The van der Waals surface area contributed by atoms with E-state index in [1.54, 1.807) is 0 Å². The lowest BCUT2D eigenvalue weighted by atomic mass is 9.85. The molecule has 2 amide bonds. The van der Waals surface area contributed by atoms with Crippen molar-refractivity contribution in [2.75, 3.05) is 19.7 Å². The van der Waals surface area contributed by atoms with Gasteiger partial charge in [-0.3, -0.25) is 9.59 Å². The van der Waals surface area contributed by atoms with Gasteiger partial charge in [0.05, 0.1) is 17.6 Å². The van der Waals surface area contributed by atoms with Gasteiger partial charge in [0, 0.05) is 37.4 Å². The minimum absolute atomic E-state index is 0.0849. The Kier molecular flexibility index (Phi) is 5.92. The molecule has 3 fully saturated rings. The van der Waals surface area contributed by atoms with E-state index in [-0.39, 0.29) is 23.9 Å². The van der Waals surface area contributed by atoms with Crippen LogP contribution in [0.3, 0.4) is 0 Å². The Balaban J connectivity index is 1.13. The Morgan fingerprint density at radius 1 is 1.06 bits per heavy atom. The number of aromatic nitrogens is 2. The van der Waals surface area contributed by atoms with E-state index in [9.17, 15) is 9.59 Å². The van der Waals surface area contributed by atoms with Crippen LogP contribution in [0.25, 0.3) is 5.52 Å². The number of ether oxygens (including phenoxy) is 1. The molecule has 35 heavy (non-hydrogen) atoms. The number of hydrogen-bond acceptors (Lipinski definition) is 4. The number of amides is 2. The van der Waals surface area contributed by atoms with E-state index in [1.165, 1.54) is 11.1 Å². The molecule has 0 radical (unpaired) electrons. The van der Waals surface area contributed by atoms with E-state index < -0.39 is 0 Å². The minimum atomic E-state index is 0.0849. The van der Waals surface area contributed by atoms with Gasteiger partial charge in [-0.05, 0) is 74.3 Å². The quantitative estimate of drug-likeness (QED) is 0.522. The highest BCUT2D eigenvalue weighted by Crippen LogP contribution is 2.41. The number of likely N-dealkylation sites (tertiary alicyclic amines) is 1. The summed E-state index contributed by atoms with van der Waals surface area (Å²) in [7, 11) is 0. The Labute approximate surface area is 205 Å². The highest BCUT2D eigenvalue weighted by atomic mass is 16.5. The van der Waals surface area contributed by atoms with Crippen molar-refractivity contribution < 1.29 is 14.3 Å². The molecule has 2 unspecified atom stereocenters. The summed E-state index contributed by atoms with van der Waals surface area (Å²) >= 11 is 0. The second-order valence-electron chi connectivity index (χ2n) is 10.2. The molecule has 0 aliphatic carbocycles. The van der Waals surface area contributed by atoms with Crippen molar-refractivity contribution in [1.82, 2.24) is 19.4 Å². The number of hydrogen-bond donors (Lipinski definition) is 0. The number of nitrogens with zero attached hydrogens (tertiary/aromatic N) is 4. The molecule has 3 aromatic rings. The van der Waals surface area contributed by atoms with Crippen molar-refractivity contribution in [2.24, 2.45) is 5.92 Å². The van der Waals surface area contributed by atoms with E-state index >= 15 is 0 Å². The largest absolute Gasteiger partial charge is 0.491 e. The van der Waals surface area contributed by atoms with Gasteiger partial charge in [0.25, 0.3) is 5.91 Å². The third-order valence-electron chi connectivity index (χ3n) is 8.01. The van der Waals surface area contributed by atoms with E-state index in [1.807, 2.05) is 46.1 Å². The van der Waals surface area contributed by atoms with Crippen LogP contribution >= 0.6 is 0 Å². The summed E-state index contributed by atoms with van der Waals surface area (Å²) in [5, 5.41) is 4.37. The maximum Gasteiger partial charge on any atom is 0.258 e. The van der Waals surface area contributed by atoms with Gasteiger partial charge in [0.2, 0.25) is 5.91 Å². The van der Waals surface area contributed by atoms with Crippen LogP contribution in [0.15, 0.2) is 54.9 Å². The molecule has 0 spiro atoms. The molecule has 6 rings (SSSR count). The molecule has 0 N–H and O–H groups in total. The first-order valence-corrected chi connectivity index (χ1v) is 12.9. The molecule has 2 atom stereocenters. The standard InChI is InChI=1S/C28H32N4O3/c33-27-8-4-13-30(27)15-16-35-26-7-2-1-6-24(26)28(34)32-22-9-10-23(32)19-20(18-22)17-21-5-3-14-31-25(21)11-12-29-31/h1-3,5-7,11-12,14,20,22-23H,4,8-10,13,15-19H2. The van der Waals surface area contributed by atoms with Crippen molar-refractivity contribution in [3.05, 3.63) is 66.0 Å². The fraction of sp³-hybridized carbons (Fsp3) is 0.464. The first kappa shape index (κ1) is 22.1. The number of carbonyl (C=O) groups excluding carboxylic acids is 2. The maximum absolute atomic E-state index is 13.7. The Bertz CT molecular complexity index is 1220. The Morgan fingerprint density at radius 3 is 2.69 bits per heavy atom. The molecule has 7 nitrogen and oxygen atoms in total. The average Bonchev–Trinajstić information content (AvgIpc) is 3.58. The lowest BCUT2D eigenvalue weighted by molar-refractivity contribution is -0.128. The van der Waals surface area contributed by atoms with Crippen LogP contribution in [0.4, 0.5) is 0 Å². The smallest absolute Gasteiger partial charge is 0.258 e. The fourth-order valence-corrected chi connectivity index (χ4v) is 6.40. The third-order valence-corrected chi connectivity index (χ3v) is 8.01. The summed E-state index contributed by atoms with van der Waals surface area (Å²) in [6.07, 6.45) is 10.6. The van der Waals surface area contributed by atoms with Crippen molar-refractivity contribution in [1.29, 1.82) is 0 Å². The molecule has 3 aliphatic heterocycles. The van der Waals surface area contributed by atoms with Crippen molar-refractivity contribution in [3.63, 3.8) is 0 Å². The molecule has 0 saturated carbocycles. The zero-order valence-corrected chi connectivity index (χ0v) is 20.0. The molecule has 7 heteroatoms. The zero-order chi connectivity index (χ0) is 23.8. The predicted molar refractivity (Wildman–Crippen MR) is 132 cm³/mol. The second-order valence-corrected chi connectivity index (χ2v) is 10.2. The van der Waals surface area contributed by atoms with E-state index in [4.69, 9.17) is 4.74 Å². The van der Waals surface area contributed by atoms with Crippen molar-refractivity contribution in [3.8, 4) is 5.75 Å². The molecule has 3 saturated heterocycles. The maximum atomic E-state index is 13.7. The Morgan fingerprint density at radius 2 is 1.89 bits per heavy atom. The summed E-state index contributed by atoms with van der Waals surface area (Å²) in [5.74, 6) is 1.48. The van der Waals surface area contributed by atoms with E-state index in [0.29, 0.717) is 36.8 Å². The van der Waals surface area contributed by atoms with Gasteiger partial charge in [0.1, 0.15) is 12.4 Å². The monoisotopic (exact) mass is 472 g/mol. The van der Waals surface area contributed by atoms with Gasteiger partial charge in [0.15, 0.2) is 0 Å². The van der Waals surface area contributed by atoms with Crippen molar-refractivity contribution >= 4 is 17.3 Å². The summed E-state index contributed by atoms with van der Waals surface area (Å²) in [4.78, 5) is 29.6. The molecular formula is C28H32N4O3.